The SMILES string of the molecule is Cc1ccc2c(c1)C(Nc1cc(F)c(C)cc1F)CC2. The first kappa shape index (κ1) is 13.1. The second-order valence-corrected chi connectivity index (χ2v) is 5.52. The van der Waals surface area contributed by atoms with Crippen LogP contribution in [0.2, 0.25) is 0 Å². The highest BCUT2D eigenvalue weighted by atomic mass is 19.1. The molecule has 1 aliphatic carbocycles. The average molecular weight is 273 g/mol. The van der Waals surface area contributed by atoms with Crippen LogP contribution in [-0.4, -0.2) is 0 Å². The van der Waals surface area contributed by atoms with Gasteiger partial charge in [0.15, 0.2) is 0 Å². The van der Waals surface area contributed by atoms with Crippen molar-refractivity contribution < 1.29 is 8.78 Å². The van der Waals surface area contributed by atoms with E-state index in [-0.39, 0.29) is 17.5 Å². The van der Waals surface area contributed by atoms with Gasteiger partial charge in [-0.15, -0.1) is 0 Å². The van der Waals surface area contributed by atoms with Gasteiger partial charge in [-0.2, -0.15) is 0 Å². The van der Waals surface area contributed by atoms with E-state index >= 15 is 0 Å². The van der Waals surface area contributed by atoms with Crippen LogP contribution < -0.4 is 5.32 Å². The molecule has 104 valence electrons. The molecule has 1 N–H and O–H groups in total. The van der Waals surface area contributed by atoms with Crippen LogP contribution in [0.1, 0.15) is 34.7 Å². The van der Waals surface area contributed by atoms with E-state index in [4.69, 9.17) is 0 Å². The number of fused-ring (bicyclic) bond motifs is 1. The molecule has 0 heterocycles. The highest BCUT2D eigenvalue weighted by Gasteiger charge is 2.23. The Kier molecular flexibility index (Phi) is 3.20. The van der Waals surface area contributed by atoms with E-state index in [1.165, 1.54) is 28.8 Å². The lowest BCUT2D eigenvalue weighted by molar-refractivity contribution is 0.591. The van der Waals surface area contributed by atoms with Crippen LogP contribution in [0.25, 0.3) is 0 Å². The summed E-state index contributed by atoms with van der Waals surface area (Å²) in [6.07, 6.45) is 1.89. The lowest BCUT2D eigenvalue weighted by atomic mass is 10.0. The Morgan fingerprint density at radius 1 is 1.05 bits per heavy atom. The molecule has 0 radical (unpaired) electrons. The summed E-state index contributed by atoms with van der Waals surface area (Å²) in [4.78, 5) is 0. The summed E-state index contributed by atoms with van der Waals surface area (Å²) in [5.74, 6) is -0.777. The molecule has 0 spiro atoms. The number of hydrogen-bond donors (Lipinski definition) is 1. The van der Waals surface area contributed by atoms with Gasteiger partial charge in [0.25, 0.3) is 0 Å². The number of nitrogens with one attached hydrogen (secondary N) is 1. The summed E-state index contributed by atoms with van der Waals surface area (Å²) in [5, 5.41) is 3.15. The fourth-order valence-electron chi connectivity index (χ4n) is 2.82. The zero-order chi connectivity index (χ0) is 14.3. The molecule has 0 amide bonds. The number of rotatable bonds is 2. The largest absolute Gasteiger partial charge is 0.376 e. The molecule has 0 bridgehead atoms. The van der Waals surface area contributed by atoms with Crippen LogP contribution in [0.5, 0.6) is 0 Å². The van der Waals surface area contributed by atoms with Crippen molar-refractivity contribution in [2.24, 2.45) is 0 Å². The van der Waals surface area contributed by atoms with Crippen LogP contribution in [-0.2, 0) is 6.42 Å². The van der Waals surface area contributed by atoms with E-state index in [2.05, 4.69) is 23.5 Å². The van der Waals surface area contributed by atoms with Gasteiger partial charge in [-0.1, -0.05) is 23.8 Å². The van der Waals surface area contributed by atoms with Gasteiger partial charge in [0.05, 0.1) is 11.7 Å². The van der Waals surface area contributed by atoms with Gasteiger partial charge in [0.1, 0.15) is 11.6 Å². The van der Waals surface area contributed by atoms with Gasteiger partial charge in [-0.3, -0.25) is 0 Å². The Balaban J connectivity index is 1.91. The predicted octanol–water partition coefficient (Wildman–Crippen LogP) is 4.68. The van der Waals surface area contributed by atoms with Crippen molar-refractivity contribution in [3.63, 3.8) is 0 Å². The Labute approximate surface area is 117 Å². The standard InChI is InChI=1S/C17H17F2N/c1-10-3-4-12-5-6-16(13(12)7-10)20-17-9-14(18)11(2)8-15(17)19/h3-4,7-9,16,20H,5-6H2,1-2H3. The highest BCUT2D eigenvalue weighted by Crippen LogP contribution is 2.35. The second kappa shape index (κ2) is 4.89. The van der Waals surface area contributed by atoms with Crippen molar-refractivity contribution in [3.05, 3.63) is 64.2 Å². The van der Waals surface area contributed by atoms with Gasteiger partial charge in [-0.05, 0) is 49.4 Å². The molecular weight excluding hydrogens is 256 g/mol. The normalized spacial score (nSPS) is 17.1. The van der Waals surface area contributed by atoms with Crippen LogP contribution in [0.3, 0.4) is 0 Å². The molecular formula is C17H17F2N. The summed E-state index contributed by atoms with van der Waals surface area (Å²) >= 11 is 0. The fourth-order valence-corrected chi connectivity index (χ4v) is 2.82. The third-order valence-corrected chi connectivity index (χ3v) is 3.96. The van der Waals surface area contributed by atoms with E-state index in [9.17, 15) is 8.78 Å². The molecule has 2 aromatic carbocycles. The first-order valence-electron chi connectivity index (χ1n) is 6.86. The monoisotopic (exact) mass is 273 g/mol. The van der Waals surface area contributed by atoms with Crippen molar-refractivity contribution in [2.75, 3.05) is 5.32 Å². The van der Waals surface area contributed by atoms with E-state index in [1.54, 1.807) is 6.92 Å². The van der Waals surface area contributed by atoms with Crippen molar-refractivity contribution in [1.29, 1.82) is 0 Å². The summed E-state index contributed by atoms with van der Waals surface area (Å²) < 4.78 is 27.5. The third kappa shape index (κ3) is 2.28. The van der Waals surface area contributed by atoms with E-state index in [1.807, 2.05) is 6.92 Å². The summed E-state index contributed by atoms with van der Waals surface area (Å²) in [6, 6.07) is 8.89. The lowest BCUT2D eigenvalue weighted by Gasteiger charge is -2.17. The van der Waals surface area contributed by atoms with Gasteiger partial charge < -0.3 is 5.32 Å². The average Bonchev–Trinajstić information content (AvgIpc) is 2.78. The summed E-state index contributed by atoms with van der Waals surface area (Å²) in [6.45, 7) is 3.61. The number of aryl methyl sites for hydroxylation is 3. The summed E-state index contributed by atoms with van der Waals surface area (Å²) in [5.41, 5.74) is 4.25. The minimum atomic E-state index is -0.398. The van der Waals surface area contributed by atoms with Crippen LogP contribution >= 0.6 is 0 Å². The van der Waals surface area contributed by atoms with E-state index in [0.29, 0.717) is 5.56 Å². The Bertz CT molecular complexity index is 664. The second-order valence-electron chi connectivity index (χ2n) is 5.52. The van der Waals surface area contributed by atoms with Gasteiger partial charge >= 0.3 is 0 Å². The predicted molar refractivity (Wildman–Crippen MR) is 77.0 cm³/mol. The van der Waals surface area contributed by atoms with Gasteiger partial charge in [0.2, 0.25) is 0 Å². The maximum atomic E-state index is 13.9. The lowest BCUT2D eigenvalue weighted by Crippen LogP contribution is -2.09. The van der Waals surface area contributed by atoms with Crippen molar-refractivity contribution in [3.8, 4) is 0 Å². The molecule has 3 heteroatoms. The molecule has 1 unspecified atom stereocenters. The van der Waals surface area contributed by atoms with Gasteiger partial charge in [-0.25, -0.2) is 8.78 Å². The number of anilines is 1. The topological polar surface area (TPSA) is 12.0 Å². The first-order valence-corrected chi connectivity index (χ1v) is 6.86. The fraction of sp³-hybridized carbons (Fsp3) is 0.294. The maximum Gasteiger partial charge on any atom is 0.146 e. The molecule has 2 aromatic rings. The van der Waals surface area contributed by atoms with E-state index in [0.717, 1.165) is 12.8 Å². The molecule has 1 nitrogen and oxygen atoms in total. The Morgan fingerprint density at radius 3 is 2.65 bits per heavy atom. The number of benzene rings is 2. The molecule has 3 rings (SSSR count). The molecule has 0 saturated carbocycles. The zero-order valence-electron chi connectivity index (χ0n) is 11.6. The van der Waals surface area contributed by atoms with Crippen LogP contribution in [0, 0.1) is 25.5 Å². The Morgan fingerprint density at radius 2 is 1.85 bits per heavy atom. The quantitative estimate of drug-likeness (QED) is 0.837. The third-order valence-electron chi connectivity index (χ3n) is 3.96. The minimum absolute atomic E-state index is 0.0570. The summed E-state index contributed by atoms with van der Waals surface area (Å²) in [7, 11) is 0. The number of halogens is 2. The maximum absolute atomic E-state index is 13.9. The highest BCUT2D eigenvalue weighted by molar-refractivity contribution is 5.51. The zero-order valence-corrected chi connectivity index (χ0v) is 11.6. The molecule has 20 heavy (non-hydrogen) atoms. The smallest absolute Gasteiger partial charge is 0.146 e. The molecule has 0 saturated heterocycles. The van der Waals surface area contributed by atoms with Crippen LogP contribution in [0.15, 0.2) is 30.3 Å². The molecule has 0 aliphatic heterocycles. The Hall–Kier alpha value is -1.90. The van der Waals surface area contributed by atoms with E-state index < -0.39 is 5.82 Å². The molecule has 0 aromatic heterocycles. The number of hydrogen-bond acceptors (Lipinski definition) is 1. The van der Waals surface area contributed by atoms with Crippen LogP contribution in [0.4, 0.5) is 14.5 Å². The molecule has 0 fully saturated rings. The van der Waals surface area contributed by atoms with Crippen molar-refractivity contribution in [1.82, 2.24) is 0 Å². The molecule has 1 atom stereocenters. The van der Waals surface area contributed by atoms with Crippen molar-refractivity contribution in [2.45, 2.75) is 32.7 Å². The minimum Gasteiger partial charge on any atom is -0.376 e. The first-order chi connectivity index (χ1) is 9.54. The van der Waals surface area contributed by atoms with Crippen molar-refractivity contribution >= 4 is 5.69 Å². The molecule has 1 aliphatic rings. The van der Waals surface area contributed by atoms with Gasteiger partial charge in [0, 0.05) is 6.07 Å².